The van der Waals surface area contributed by atoms with Gasteiger partial charge in [0.05, 0.1) is 11.7 Å². The number of hydrogen-bond donors (Lipinski definition) is 2. The highest BCUT2D eigenvalue weighted by Gasteiger charge is 2.07. The average Bonchev–Trinajstić information content (AvgIpc) is 2.63. The molecule has 1 unspecified atom stereocenters. The molecule has 0 spiro atoms. The van der Waals surface area contributed by atoms with Crippen molar-refractivity contribution in [2.45, 2.75) is 26.0 Å². The predicted molar refractivity (Wildman–Crippen MR) is 65.5 cm³/mol. The molecule has 16 heavy (non-hydrogen) atoms. The Labute approximate surface area is 99.7 Å². The second-order valence-corrected chi connectivity index (χ2v) is 5.04. The van der Waals surface area contributed by atoms with E-state index in [9.17, 15) is 4.79 Å². The number of nitrogens with zero attached hydrogens (tertiary/aromatic N) is 1. The van der Waals surface area contributed by atoms with Gasteiger partial charge in [-0.05, 0) is 26.5 Å². The summed E-state index contributed by atoms with van der Waals surface area (Å²) in [4.78, 5) is 14.1. The molecule has 0 bridgehead atoms. The summed E-state index contributed by atoms with van der Waals surface area (Å²) in [5, 5.41) is 10.9. The summed E-state index contributed by atoms with van der Waals surface area (Å²) in [6.45, 7) is 3.40. The van der Waals surface area contributed by atoms with Crippen LogP contribution in [-0.2, 0) is 6.54 Å². The number of hydrogen-bond acceptors (Lipinski definition) is 4. The summed E-state index contributed by atoms with van der Waals surface area (Å²) < 4.78 is 0. The van der Waals surface area contributed by atoms with Crippen molar-refractivity contribution in [3.63, 3.8) is 0 Å². The van der Waals surface area contributed by atoms with Gasteiger partial charge in [0.25, 0.3) is 0 Å². The molecule has 1 heterocycles. The fraction of sp³-hybridized carbons (Fsp3) is 0.545. The van der Waals surface area contributed by atoms with Crippen molar-refractivity contribution in [1.82, 2.24) is 4.90 Å². The highest BCUT2D eigenvalue weighted by atomic mass is 32.1. The zero-order chi connectivity index (χ0) is 12.1. The summed E-state index contributed by atoms with van der Waals surface area (Å²) in [6.07, 6.45) is 0.483. The molecule has 0 radical (unpaired) electrons. The Kier molecular flexibility index (Phi) is 4.92. The number of aliphatic hydroxyl groups is 1. The van der Waals surface area contributed by atoms with Gasteiger partial charge in [-0.1, -0.05) is 0 Å². The largest absolute Gasteiger partial charge is 0.393 e. The molecule has 3 N–H and O–H groups in total. The third-order valence-electron chi connectivity index (χ3n) is 2.29. The summed E-state index contributed by atoms with van der Waals surface area (Å²) in [6, 6.07) is 1.83. The molecule has 0 saturated heterocycles. The lowest BCUT2D eigenvalue weighted by Gasteiger charge is -2.16. The van der Waals surface area contributed by atoms with Gasteiger partial charge in [-0.15, -0.1) is 11.3 Å². The minimum absolute atomic E-state index is 0.271. The molecule has 1 amide bonds. The van der Waals surface area contributed by atoms with Crippen LogP contribution in [0.4, 0.5) is 0 Å². The molecule has 0 aliphatic heterocycles. The van der Waals surface area contributed by atoms with Crippen molar-refractivity contribution in [3.8, 4) is 0 Å². The van der Waals surface area contributed by atoms with E-state index in [2.05, 4.69) is 4.90 Å². The first-order valence-corrected chi connectivity index (χ1v) is 6.11. The molecule has 90 valence electrons. The van der Waals surface area contributed by atoms with Crippen molar-refractivity contribution in [1.29, 1.82) is 0 Å². The SMILES string of the molecule is CC(O)CCN(C)Cc1cc(C(N)=O)cs1. The highest BCUT2D eigenvalue weighted by Crippen LogP contribution is 2.16. The number of primary amides is 1. The Balaban J connectivity index is 2.43. The van der Waals surface area contributed by atoms with Gasteiger partial charge in [0.15, 0.2) is 0 Å². The van der Waals surface area contributed by atoms with Gasteiger partial charge < -0.3 is 15.7 Å². The Morgan fingerprint density at radius 2 is 2.38 bits per heavy atom. The van der Waals surface area contributed by atoms with Crippen molar-refractivity contribution in [2.75, 3.05) is 13.6 Å². The molecule has 4 nitrogen and oxygen atoms in total. The number of amides is 1. The summed E-state index contributed by atoms with van der Waals surface area (Å²) in [5.74, 6) is -0.380. The quantitative estimate of drug-likeness (QED) is 0.783. The molecular formula is C11H18N2O2S. The first-order valence-electron chi connectivity index (χ1n) is 5.23. The van der Waals surface area contributed by atoms with E-state index in [1.165, 1.54) is 11.3 Å². The smallest absolute Gasteiger partial charge is 0.249 e. The van der Waals surface area contributed by atoms with E-state index in [0.29, 0.717) is 5.56 Å². The lowest BCUT2D eigenvalue weighted by molar-refractivity contribution is 0.100. The third kappa shape index (κ3) is 4.30. The Morgan fingerprint density at radius 1 is 1.69 bits per heavy atom. The number of rotatable bonds is 6. The van der Waals surface area contributed by atoms with Crippen LogP contribution in [0.15, 0.2) is 11.4 Å². The number of aliphatic hydroxyl groups excluding tert-OH is 1. The number of nitrogens with two attached hydrogens (primary N) is 1. The minimum Gasteiger partial charge on any atom is -0.393 e. The van der Waals surface area contributed by atoms with Gasteiger partial charge >= 0.3 is 0 Å². The van der Waals surface area contributed by atoms with E-state index < -0.39 is 0 Å². The predicted octanol–water partition coefficient (Wildman–Crippen LogP) is 1.05. The topological polar surface area (TPSA) is 66.6 Å². The van der Waals surface area contributed by atoms with Gasteiger partial charge in [-0.3, -0.25) is 4.79 Å². The maximum atomic E-state index is 10.9. The fourth-order valence-electron chi connectivity index (χ4n) is 1.35. The molecule has 0 fully saturated rings. The van der Waals surface area contributed by atoms with E-state index in [4.69, 9.17) is 10.8 Å². The minimum atomic E-state index is -0.380. The zero-order valence-electron chi connectivity index (χ0n) is 9.64. The van der Waals surface area contributed by atoms with Crippen LogP contribution in [0.3, 0.4) is 0 Å². The highest BCUT2D eigenvalue weighted by molar-refractivity contribution is 7.10. The van der Waals surface area contributed by atoms with Crippen molar-refractivity contribution in [2.24, 2.45) is 5.73 Å². The summed E-state index contributed by atoms with van der Waals surface area (Å²) in [7, 11) is 1.99. The number of carbonyl (C=O) groups is 1. The molecule has 1 aromatic rings. The van der Waals surface area contributed by atoms with Crippen LogP contribution in [-0.4, -0.2) is 35.6 Å². The third-order valence-corrected chi connectivity index (χ3v) is 3.21. The van der Waals surface area contributed by atoms with Gasteiger partial charge in [-0.2, -0.15) is 0 Å². The van der Waals surface area contributed by atoms with Crippen LogP contribution >= 0.6 is 11.3 Å². The van der Waals surface area contributed by atoms with Gasteiger partial charge in [-0.25, -0.2) is 0 Å². The van der Waals surface area contributed by atoms with E-state index >= 15 is 0 Å². The maximum Gasteiger partial charge on any atom is 0.249 e. The van der Waals surface area contributed by atoms with Crippen molar-refractivity contribution >= 4 is 17.2 Å². The standard InChI is InChI=1S/C11H18N2O2S/c1-8(14)3-4-13(2)6-10-5-9(7-16-10)11(12)15/h5,7-8,14H,3-4,6H2,1-2H3,(H2,12,15). The first kappa shape index (κ1) is 13.2. The zero-order valence-corrected chi connectivity index (χ0v) is 10.5. The normalized spacial score (nSPS) is 13.0. The number of carbonyl (C=O) groups excluding carboxylic acids is 1. The van der Waals surface area contributed by atoms with Crippen molar-refractivity contribution in [3.05, 3.63) is 21.9 Å². The van der Waals surface area contributed by atoms with Crippen LogP contribution < -0.4 is 5.73 Å². The molecule has 1 atom stereocenters. The average molecular weight is 242 g/mol. The Bertz CT molecular complexity index is 350. The molecule has 1 aromatic heterocycles. The van der Waals surface area contributed by atoms with E-state index in [1.54, 1.807) is 12.3 Å². The van der Waals surface area contributed by atoms with E-state index in [-0.39, 0.29) is 12.0 Å². The maximum absolute atomic E-state index is 10.9. The van der Waals surface area contributed by atoms with Crippen LogP contribution in [0.5, 0.6) is 0 Å². The Morgan fingerprint density at radius 3 is 2.88 bits per heavy atom. The second-order valence-electron chi connectivity index (χ2n) is 4.04. The van der Waals surface area contributed by atoms with Crippen LogP contribution in [0.2, 0.25) is 0 Å². The molecule has 1 rings (SSSR count). The molecule has 0 saturated carbocycles. The lowest BCUT2D eigenvalue weighted by atomic mass is 10.2. The van der Waals surface area contributed by atoms with Crippen LogP contribution in [0, 0.1) is 0 Å². The van der Waals surface area contributed by atoms with Gasteiger partial charge in [0.2, 0.25) is 5.91 Å². The molecular weight excluding hydrogens is 224 g/mol. The lowest BCUT2D eigenvalue weighted by Crippen LogP contribution is -2.21. The Hall–Kier alpha value is -0.910. The van der Waals surface area contributed by atoms with Gasteiger partial charge in [0, 0.05) is 23.3 Å². The summed E-state index contributed by atoms with van der Waals surface area (Å²) in [5.41, 5.74) is 5.75. The fourth-order valence-corrected chi connectivity index (χ4v) is 2.30. The monoisotopic (exact) mass is 242 g/mol. The molecule has 0 aliphatic rings. The van der Waals surface area contributed by atoms with Crippen LogP contribution in [0.25, 0.3) is 0 Å². The van der Waals surface area contributed by atoms with E-state index in [0.717, 1.165) is 24.4 Å². The van der Waals surface area contributed by atoms with Crippen molar-refractivity contribution < 1.29 is 9.90 Å². The number of thiophene rings is 1. The second kappa shape index (κ2) is 5.98. The molecule has 0 aromatic carbocycles. The van der Waals surface area contributed by atoms with Crippen LogP contribution in [0.1, 0.15) is 28.6 Å². The molecule has 5 heteroatoms. The van der Waals surface area contributed by atoms with E-state index in [1.807, 2.05) is 13.1 Å². The summed E-state index contributed by atoms with van der Waals surface area (Å²) >= 11 is 1.54. The molecule has 0 aliphatic carbocycles. The first-order chi connectivity index (χ1) is 7.49. The van der Waals surface area contributed by atoms with Gasteiger partial charge in [0.1, 0.15) is 0 Å².